The summed E-state index contributed by atoms with van der Waals surface area (Å²) in [5.74, 6) is -0.181. The van der Waals surface area contributed by atoms with Crippen LogP contribution < -0.4 is 0 Å². The van der Waals surface area contributed by atoms with Crippen LogP contribution in [0.25, 0.3) is 0 Å². The number of nitrogens with zero attached hydrogens (tertiary/aromatic N) is 2. The Hall–Kier alpha value is -1.64. The van der Waals surface area contributed by atoms with E-state index < -0.39 is 0 Å². The fourth-order valence-corrected chi connectivity index (χ4v) is 1.72. The third-order valence-electron chi connectivity index (χ3n) is 2.99. The number of hydrogen-bond acceptors (Lipinski definition) is 1. The average molecular weight is 218 g/mol. The van der Waals surface area contributed by atoms with Crippen molar-refractivity contribution >= 4 is 0 Å². The molecule has 0 radical (unpaired) electrons. The predicted molar refractivity (Wildman–Crippen MR) is 61.9 cm³/mol. The van der Waals surface area contributed by atoms with Gasteiger partial charge < -0.3 is 4.57 Å². The van der Waals surface area contributed by atoms with Gasteiger partial charge in [0.25, 0.3) is 0 Å². The number of aryl methyl sites for hydroxylation is 2. The first-order chi connectivity index (χ1) is 7.58. The van der Waals surface area contributed by atoms with Gasteiger partial charge in [0.05, 0.1) is 12.0 Å². The Labute approximate surface area is 94.8 Å². The van der Waals surface area contributed by atoms with Gasteiger partial charge in [0.15, 0.2) is 0 Å². The minimum atomic E-state index is -0.181. The van der Waals surface area contributed by atoms with Crippen molar-refractivity contribution in [3.05, 3.63) is 52.9 Å². The van der Waals surface area contributed by atoms with Crippen molar-refractivity contribution < 1.29 is 4.39 Å². The molecule has 3 heteroatoms. The summed E-state index contributed by atoms with van der Waals surface area (Å²) in [7, 11) is 0. The SMILES string of the molecule is Cc1cc(F)ccc1Cn1cnc(C)c1C. The van der Waals surface area contributed by atoms with Crippen molar-refractivity contribution in [2.24, 2.45) is 0 Å². The highest BCUT2D eigenvalue weighted by Crippen LogP contribution is 2.14. The number of rotatable bonds is 2. The molecule has 0 aliphatic heterocycles. The van der Waals surface area contributed by atoms with Crippen LogP contribution in [0.2, 0.25) is 0 Å². The molecule has 0 aliphatic rings. The van der Waals surface area contributed by atoms with E-state index in [1.54, 1.807) is 6.07 Å². The average Bonchev–Trinajstić information content (AvgIpc) is 2.54. The van der Waals surface area contributed by atoms with Gasteiger partial charge in [-0.25, -0.2) is 9.37 Å². The fourth-order valence-electron chi connectivity index (χ4n) is 1.72. The van der Waals surface area contributed by atoms with E-state index >= 15 is 0 Å². The van der Waals surface area contributed by atoms with Crippen molar-refractivity contribution in [3.63, 3.8) is 0 Å². The first-order valence-electron chi connectivity index (χ1n) is 5.31. The molecule has 0 fully saturated rings. The number of halogens is 1. The van der Waals surface area contributed by atoms with E-state index in [1.165, 1.54) is 6.07 Å². The number of benzene rings is 1. The van der Waals surface area contributed by atoms with Crippen molar-refractivity contribution in [1.82, 2.24) is 9.55 Å². The van der Waals surface area contributed by atoms with Gasteiger partial charge in [0, 0.05) is 12.2 Å². The molecule has 1 heterocycles. The second kappa shape index (κ2) is 4.08. The Morgan fingerprint density at radius 1 is 1.25 bits per heavy atom. The van der Waals surface area contributed by atoms with Crippen molar-refractivity contribution in [2.45, 2.75) is 27.3 Å². The van der Waals surface area contributed by atoms with Gasteiger partial charge in [-0.2, -0.15) is 0 Å². The molecule has 2 rings (SSSR count). The van der Waals surface area contributed by atoms with Crippen LogP contribution in [0, 0.1) is 26.6 Å². The molecule has 0 amide bonds. The Bertz CT molecular complexity index is 515. The van der Waals surface area contributed by atoms with Crippen LogP contribution in [-0.2, 0) is 6.54 Å². The van der Waals surface area contributed by atoms with Crippen LogP contribution in [0.1, 0.15) is 22.5 Å². The van der Waals surface area contributed by atoms with Gasteiger partial charge in [0.1, 0.15) is 5.82 Å². The smallest absolute Gasteiger partial charge is 0.123 e. The molecule has 1 aromatic heterocycles. The summed E-state index contributed by atoms with van der Waals surface area (Å²) in [5.41, 5.74) is 4.30. The van der Waals surface area contributed by atoms with Gasteiger partial charge >= 0.3 is 0 Å². The lowest BCUT2D eigenvalue weighted by Crippen LogP contribution is -2.02. The Morgan fingerprint density at radius 3 is 2.56 bits per heavy atom. The maximum atomic E-state index is 13.0. The van der Waals surface area contributed by atoms with Gasteiger partial charge in [0.2, 0.25) is 0 Å². The molecule has 0 saturated heterocycles. The lowest BCUT2D eigenvalue weighted by molar-refractivity contribution is 0.624. The van der Waals surface area contributed by atoms with Crippen LogP contribution in [0.3, 0.4) is 0 Å². The van der Waals surface area contributed by atoms with Gasteiger partial charge in [-0.1, -0.05) is 6.07 Å². The molecule has 0 saturated carbocycles. The van der Waals surface area contributed by atoms with Crippen LogP contribution in [0.15, 0.2) is 24.5 Å². The molecule has 0 unspecified atom stereocenters. The van der Waals surface area contributed by atoms with Crippen molar-refractivity contribution in [2.75, 3.05) is 0 Å². The molecule has 0 aliphatic carbocycles. The lowest BCUT2D eigenvalue weighted by Gasteiger charge is -2.08. The minimum Gasteiger partial charge on any atom is -0.330 e. The molecule has 0 bridgehead atoms. The number of aromatic nitrogens is 2. The van der Waals surface area contributed by atoms with Crippen LogP contribution in [0.5, 0.6) is 0 Å². The molecular weight excluding hydrogens is 203 g/mol. The second-order valence-corrected chi connectivity index (χ2v) is 4.11. The number of hydrogen-bond donors (Lipinski definition) is 0. The van der Waals surface area contributed by atoms with Crippen LogP contribution in [-0.4, -0.2) is 9.55 Å². The Morgan fingerprint density at radius 2 is 2.00 bits per heavy atom. The third-order valence-corrected chi connectivity index (χ3v) is 2.99. The molecule has 2 nitrogen and oxygen atoms in total. The summed E-state index contributed by atoms with van der Waals surface area (Å²) >= 11 is 0. The first kappa shape index (κ1) is 10.9. The highest BCUT2D eigenvalue weighted by molar-refractivity contribution is 5.27. The standard InChI is InChI=1S/C13H15FN2/c1-9-6-13(14)5-4-12(9)7-16-8-15-10(2)11(16)3/h4-6,8H,7H2,1-3H3. The molecule has 0 N–H and O–H groups in total. The van der Waals surface area contributed by atoms with Crippen LogP contribution >= 0.6 is 0 Å². The topological polar surface area (TPSA) is 17.8 Å². The van der Waals surface area contributed by atoms with E-state index in [0.717, 1.165) is 29.1 Å². The van der Waals surface area contributed by atoms with Gasteiger partial charge in [-0.15, -0.1) is 0 Å². The summed E-state index contributed by atoms with van der Waals surface area (Å²) in [4.78, 5) is 4.25. The van der Waals surface area contributed by atoms with Gasteiger partial charge in [-0.05, 0) is 44.0 Å². The summed E-state index contributed by atoms with van der Waals surface area (Å²) < 4.78 is 15.0. The maximum Gasteiger partial charge on any atom is 0.123 e. The molecule has 84 valence electrons. The Balaban J connectivity index is 2.30. The van der Waals surface area contributed by atoms with E-state index in [1.807, 2.05) is 33.2 Å². The minimum absolute atomic E-state index is 0.181. The molecule has 16 heavy (non-hydrogen) atoms. The summed E-state index contributed by atoms with van der Waals surface area (Å²) in [5, 5.41) is 0. The number of imidazole rings is 1. The van der Waals surface area contributed by atoms with Crippen LogP contribution in [0.4, 0.5) is 4.39 Å². The zero-order chi connectivity index (χ0) is 11.7. The van der Waals surface area contributed by atoms with E-state index in [0.29, 0.717) is 0 Å². The zero-order valence-electron chi connectivity index (χ0n) is 9.79. The molecule has 2 aromatic rings. The predicted octanol–water partition coefficient (Wildman–Crippen LogP) is 3.00. The molecule has 0 atom stereocenters. The normalized spacial score (nSPS) is 10.8. The maximum absolute atomic E-state index is 13.0. The summed E-state index contributed by atoms with van der Waals surface area (Å²) in [6, 6.07) is 4.90. The van der Waals surface area contributed by atoms with E-state index in [2.05, 4.69) is 9.55 Å². The van der Waals surface area contributed by atoms with Crippen molar-refractivity contribution in [3.8, 4) is 0 Å². The zero-order valence-corrected chi connectivity index (χ0v) is 9.79. The quantitative estimate of drug-likeness (QED) is 0.757. The highest BCUT2D eigenvalue weighted by atomic mass is 19.1. The third kappa shape index (κ3) is 1.98. The van der Waals surface area contributed by atoms with Crippen molar-refractivity contribution in [1.29, 1.82) is 0 Å². The van der Waals surface area contributed by atoms with E-state index in [4.69, 9.17) is 0 Å². The van der Waals surface area contributed by atoms with E-state index in [-0.39, 0.29) is 5.82 Å². The molecular formula is C13H15FN2. The first-order valence-corrected chi connectivity index (χ1v) is 5.31. The lowest BCUT2D eigenvalue weighted by atomic mass is 10.1. The Kier molecular flexibility index (Phi) is 2.77. The monoisotopic (exact) mass is 218 g/mol. The summed E-state index contributed by atoms with van der Waals surface area (Å²) in [6.45, 7) is 6.71. The largest absolute Gasteiger partial charge is 0.330 e. The molecule has 1 aromatic carbocycles. The molecule has 0 spiro atoms. The second-order valence-electron chi connectivity index (χ2n) is 4.11. The summed E-state index contributed by atoms with van der Waals surface area (Å²) in [6.07, 6.45) is 1.83. The van der Waals surface area contributed by atoms with E-state index in [9.17, 15) is 4.39 Å². The fraction of sp³-hybridized carbons (Fsp3) is 0.308. The highest BCUT2D eigenvalue weighted by Gasteiger charge is 2.05. The van der Waals surface area contributed by atoms with Gasteiger partial charge in [-0.3, -0.25) is 0 Å².